The summed E-state index contributed by atoms with van der Waals surface area (Å²) in [6.07, 6.45) is -6.87. The van der Waals surface area contributed by atoms with Crippen LogP contribution in [0.15, 0.2) is 36.4 Å². The number of para-hydroxylation sites is 2. The first-order valence-electron chi connectivity index (χ1n) is 9.11. The minimum Gasteiger partial charge on any atom is -0.478 e. The van der Waals surface area contributed by atoms with Crippen molar-refractivity contribution in [2.75, 3.05) is 0 Å². The first-order valence-corrected chi connectivity index (χ1v) is 9.11. The second-order valence-electron chi connectivity index (χ2n) is 6.96. The predicted molar refractivity (Wildman–Crippen MR) is 102 cm³/mol. The molecule has 0 unspecified atom stereocenters. The lowest BCUT2D eigenvalue weighted by Gasteiger charge is -2.38. The van der Waals surface area contributed by atoms with Crippen LogP contribution in [-0.4, -0.2) is 73.0 Å². The maximum absolute atomic E-state index is 12.8. The van der Waals surface area contributed by atoms with Gasteiger partial charge in [-0.3, -0.25) is 0 Å². The highest BCUT2D eigenvalue weighted by atomic mass is 16.7. The predicted octanol–water partition coefficient (Wildman–Crippen LogP) is 0.465. The Bertz CT molecular complexity index is 1150. The Kier molecular flexibility index (Phi) is 5.08. The van der Waals surface area contributed by atoms with Gasteiger partial charge in [-0.2, -0.15) is 0 Å². The maximum Gasteiger partial charge on any atom is 0.342 e. The Labute approximate surface area is 169 Å². The number of carboxylic acid groups (broad SMARTS) is 1. The molecule has 2 aromatic carbocycles. The molecule has 2 heterocycles. The van der Waals surface area contributed by atoms with E-state index in [1.807, 2.05) is 0 Å². The molecule has 0 saturated carbocycles. The Morgan fingerprint density at radius 1 is 0.900 bits per heavy atom. The Balaban J connectivity index is 1.72. The molecule has 0 bridgehead atoms. The monoisotopic (exact) mass is 414 g/mol. The van der Waals surface area contributed by atoms with Gasteiger partial charge in [-0.05, 0) is 31.2 Å². The van der Waals surface area contributed by atoms with Crippen molar-refractivity contribution in [1.29, 1.82) is 0 Å². The van der Waals surface area contributed by atoms with Gasteiger partial charge in [0.2, 0.25) is 6.29 Å². The molecule has 30 heavy (non-hydrogen) atoms. The van der Waals surface area contributed by atoms with Crippen LogP contribution >= 0.6 is 0 Å². The van der Waals surface area contributed by atoms with Crippen molar-refractivity contribution in [3.63, 3.8) is 0 Å². The van der Waals surface area contributed by atoms with E-state index in [4.69, 9.17) is 9.47 Å². The number of benzene rings is 2. The van der Waals surface area contributed by atoms with Crippen molar-refractivity contribution in [2.24, 2.45) is 0 Å². The molecule has 0 aliphatic carbocycles. The Morgan fingerprint density at radius 3 is 2.07 bits per heavy atom. The number of carbonyl (C=O) groups excluding carboxylic acids is 1. The summed E-state index contributed by atoms with van der Waals surface area (Å²) in [6.45, 7) is 1.47. The average molecular weight is 414 g/mol. The van der Waals surface area contributed by atoms with Gasteiger partial charge in [0.05, 0.1) is 28.3 Å². The van der Waals surface area contributed by atoms with E-state index in [2.05, 4.69) is 9.97 Å². The van der Waals surface area contributed by atoms with E-state index in [1.165, 1.54) is 31.2 Å². The first kappa shape index (κ1) is 20.1. The van der Waals surface area contributed by atoms with E-state index in [0.29, 0.717) is 0 Å². The number of hydrogen-bond acceptors (Lipinski definition) is 9. The van der Waals surface area contributed by atoms with E-state index in [0.717, 1.165) is 0 Å². The first-order chi connectivity index (χ1) is 14.3. The number of aromatic nitrogens is 2. The summed E-state index contributed by atoms with van der Waals surface area (Å²) in [6, 6.07) is 9.05. The third kappa shape index (κ3) is 3.35. The summed E-state index contributed by atoms with van der Waals surface area (Å²) in [7, 11) is 0. The second kappa shape index (κ2) is 7.58. The van der Waals surface area contributed by atoms with Gasteiger partial charge in [0.15, 0.2) is 0 Å². The average Bonchev–Trinajstić information content (AvgIpc) is 2.73. The Morgan fingerprint density at radius 2 is 1.47 bits per heavy atom. The molecule has 10 heteroatoms. The fourth-order valence-corrected chi connectivity index (χ4v) is 3.34. The molecule has 0 spiro atoms. The van der Waals surface area contributed by atoms with Crippen molar-refractivity contribution in [2.45, 2.75) is 37.6 Å². The SMILES string of the molecule is C[C@H]1O[C@H](OC(=O)c2cccc3nc4c(C(=O)O)cccc4nc23)[C@@H](O)[C@@H](O)[C@@H]1O. The smallest absolute Gasteiger partial charge is 0.342 e. The molecule has 1 aromatic heterocycles. The molecule has 3 aromatic rings. The summed E-state index contributed by atoms with van der Waals surface area (Å²) < 4.78 is 10.5. The van der Waals surface area contributed by atoms with Crippen LogP contribution in [0.2, 0.25) is 0 Å². The number of aliphatic hydroxyl groups is 3. The second-order valence-corrected chi connectivity index (χ2v) is 6.96. The van der Waals surface area contributed by atoms with Crippen LogP contribution in [-0.2, 0) is 9.47 Å². The quantitative estimate of drug-likeness (QED) is 0.350. The lowest BCUT2D eigenvalue weighted by molar-refractivity contribution is -0.276. The third-order valence-electron chi connectivity index (χ3n) is 4.98. The largest absolute Gasteiger partial charge is 0.478 e. The molecule has 10 nitrogen and oxygen atoms in total. The van der Waals surface area contributed by atoms with E-state index in [-0.39, 0.29) is 33.2 Å². The van der Waals surface area contributed by atoms with E-state index in [9.17, 15) is 30.0 Å². The molecular weight excluding hydrogens is 396 g/mol. The lowest BCUT2D eigenvalue weighted by atomic mass is 10.00. The molecule has 1 aliphatic heterocycles. The van der Waals surface area contributed by atoms with Crippen LogP contribution < -0.4 is 0 Å². The van der Waals surface area contributed by atoms with E-state index in [1.54, 1.807) is 12.1 Å². The molecule has 5 atom stereocenters. The summed E-state index contributed by atoms with van der Waals surface area (Å²) in [5.74, 6) is -2.04. The highest BCUT2D eigenvalue weighted by molar-refractivity contribution is 6.06. The number of ether oxygens (including phenoxy) is 2. The number of aromatic carboxylic acids is 1. The number of esters is 1. The Hall–Kier alpha value is -3.18. The molecule has 4 rings (SSSR count). The number of carboxylic acids is 1. The van der Waals surface area contributed by atoms with Gasteiger partial charge in [-0.25, -0.2) is 19.6 Å². The van der Waals surface area contributed by atoms with Gasteiger partial charge in [-0.15, -0.1) is 0 Å². The van der Waals surface area contributed by atoms with E-state index < -0.39 is 42.6 Å². The lowest BCUT2D eigenvalue weighted by Crippen LogP contribution is -2.57. The van der Waals surface area contributed by atoms with Crippen LogP contribution in [0.5, 0.6) is 0 Å². The molecule has 4 N–H and O–H groups in total. The van der Waals surface area contributed by atoms with Gasteiger partial charge in [0, 0.05) is 0 Å². The summed E-state index contributed by atoms with van der Waals surface area (Å²) in [4.78, 5) is 32.9. The number of carbonyl (C=O) groups is 2. The minimum atomic E-state index is -1.64. The zero-order valence-electron chi connectivity index (χ0n) is 15.7. The molecular formula is C20H18N2O8. The van der Waals surface area contributed by atoms with Crippen LogP contribution in [0.3, 0.4) is 0 Å². The fraction of sp³-hybridized carbons (Fsp3) is 0.300. The summed E-state index contributed by atoms with van der Waals surface area (Å²) in [5.41, 5.74) is 0.918. The van der Waals surface area contributed by atoms with E-state index >= 15 is 0 Å². The highest BCUT2D eigenvalue weighted by Gasteiger charge is 2.44. The number of aliphatic hydroxyl groups excluding tert-OH is 3. The van der Waals surface area contributed by atoms with Crippen molar-refractivity contribution < 1.29 is 39.5 Å². The third-order valence-corrected chi connectivity index (χ3v) is 4.98. The normalized spacial score (nSPS) is 26.6. The van der Waals surface area contributed by atoms with Crippen LogP contribution in [0, 0.1) is 0 Å². The molecule has 1 saturated heterocycles. The summed E-state index contributed by atoms with van der Waals surface area (Å²) in [5, 5.41) is 39.1. The van der Waals surface area contributed by atoms with Gasteiger partial charge in [0.25, 0.3) is 0 Å². The maximum atomic E-state index is 12.8. The number of nitrogens with zero attached hydrogens (tertiary/aromatic N) is 2. The van der Waals surface area contributed by atoms with Crippen molar-refractivity contribution >= 4 is 34.0 Å². The van der Waals surface area contributed by atoms with Crippen LogP contribution in [0.1, 0.15) is 27.6 Å². The van der Waals surface area contributed by atoms with Crippen LogP contribution in [0.4, 0.5) is 0 Å². The molecule has 0 amide bonds. The number of hydrogen-bond donors (Lipinski definition) is 4. The zero-order valence-corrected chi connectivity index (χ0v) is 15.7. The minimum absolute atomic E-state index is 0.0184. The molecule has 1 aliphatic rings. The molecule has 1 fully saturated rings. The van der Waals surface area contributed by atoms with Crippen molar-refractivity contribution in [3.05, 3.63) is 47.5 Å². The molecule has 156 valence electrons. The standard InChI is InChI=1S/C20H18N2O8/c1-8-15(23)16(24)17(25)20(29-8)30-19(28)10-5-3-7-12-14(10)22-11-6-2-4-9(18(26)27)13(11)21-12/h2-8,15-17,20,23-25H,1H3,(H,26,27)/t8-,15-,16+,17+,20-/m1/s1. The van der Waals surface area contributed by atoms with Crippen LogP contribution in [0.25, 0.3) is 22.1 Å². The van der Waals surface area contributed by atoms with Gasteiger partial charge < -0.3 is 29.9 Å². The highest BCUT2D eigenvalue weighted by Crippen LogP contribution is 2.25. The summed E-state index contributed by atoms with van der Waals surface area (Å²) >= 11 is 0. The van der Waals surface area contributed by atoms with Gasteiger partial charge in [0.1, 0.15) is 29.3 Å². The fourth-order valence-electron chi connectivity index (χ4n) is 3.34. The number of fused-ring (bicyclic) bond motifs is 2. The molecule has 0 radical (unpaired) electrons. The van der Waals surface area contributed by atoms with Crippen molar-refractivity contribution in [1.82, 2.24) is 9.97 Å². The van der Waals surface area contributed by atoms with Gasteiger partial charge >= 0.3 is 11.9 Å². The van der Waals surface area contributed by atoms with Gasteiger partial charge in [-0.1, -0.05) is 12.1 Å². The van der Waals surface area contributed by atoms with Crippen molar-refractivity contribution in [3.8, 4) is 0 Å². The zero-order chi connectivity index (χ0) is 21.6. The number of rotatable bonds is 3. The topological polar surface area (TPSA) is 159 Å².